The summed E-state index contributed by atoms with van der Waals surface area (Å²) in [4.78, 5) is 11.8. The minimum Gasteiger partial charge on any atom is -0.287 e. The molecule has 0 aromatic carbocycles. The highest BCUT2D eigenvalue weighted by atomic mass is 16.1. The van der Waals surface area contributed by atoms with Gasteiger partial charge in [0.15, 0.2) is 0 Å². The van der Waals surface area contributed by atoms with E-state index in [1.54, 1.807) is 25.4 Å². The summed E-state index contributed by atoms with van der Waals surface area (Å²) in [7, 11) is 1.72. The molecule has 2 heterocycles. The molecule has 14 heavy (non-hydrogen) atoms. The summed E-state index contributed by atoms with van der Waals surface area (Å²) in [5.41, 5.74) is 1.06. The number of hydrogen-bond acceptors (Lipinski definition) is 4. The van der Waals surface area contributed by atoms with Gasteiger partial charge in [0.25, 0.3) is 0 Å². The van der Waals surface area contributed by atoms with Crippen molar-refractivity contribution >= 4 is 5.78 Å². The van der Waals surface area contributed by atoms with Crippen molar-refractivity contribution in [1.29, 1.82) is 0 Å². The average Bonchev–Trinajstić information content (AvgIpc) is 2.65. The number of carbonyl (C=O) groups excluding carboxylic acids is 1. The molecule has 2 aromatic rings. The van der Waals surface area contributed by atoms with E-state index in [-0.39, 0.29) is 5.78 Å². The van der Waals surface area contributed by atoms with E-state index in [0.717, 1.165) is 0 Å². The molecule has 0 aliphatic rings. The van der Waals surface area contributed by atoms with Gasteiger partial charge in [0.1, 0.15) is 5.69 Å². The third-order valence-electron chi connectivity index (χ3n) is 1.90. The predicted octanol–water partition coefficient (Wildman–Crippen LogP) is 0.441. The lowest BCUT2D eigenvalue weighted by Gasteiger charge is -1.99. The van der Waals surface area contributed by atoms with Crippen molar-refractivity contribution in [3.05, 3.63) is 42.0 Å². The molecule has 0 aliphatic heterocycles. The largest absolute Gasteiger partial charge is 0.287 e. The van der Waals surface area contributed by atoms with Gasteiger partial charge in [-0.1, -0.05) is 0 Å². The van der Waals surface area contributed by atoms with Gasteiger partial charge in [0.2, 0.25) is 5.78 Å². The van der Waals surface area contributed by atoms with E-state index in [4.69, 9.17) is 0 Å². The van der Waals surface area contributed by atoms with E-state index in [1.807, 2.05) is 0 Å². The molecule has 5 heteroatoms. The van der Waals surface area contributed by atoms with Crippen LogP contribution in [0.1, 0.15) is 16.1 Å². The Bertz CT molecular complexity index is 449. The van der Waals surface area contributed by atoms with Crippen molar-refractivity contribution in [2.24, 2.45) is 7.05 Å². The van der Waals surface area contributed by atoms with Crippen LogP contribution in [0.3, 0.4) is 0 Å². The van der Waals surface area contributed by atoms with Crippen molar-refractivity contribution in [2.45, 2.75) is 0 Å². The smallest absolute Gasteiger partial charge is 0.212 e. The van der Waals surface area contributed by atoms with Crippen molar-refractivity contribution in [1.82, 2.24) is 20.0 Å². The number of aromatic nitrogens is 4. The lowest BCUT2D eigenvalue weighted by molar-refractivity contribution is 0.102. The van der Waals surface area contributed by atoms with Crippen LogP contribution in [-0.4, -0.2) is 25.8 Å². The first-order valence-corrected chi connectivity index (χ1v) is 4.08. The first-order chi connectivity index (χ1) is 6.79. The summed E-state index contributed by atoms with van der Waals surface area (Å²) < 4.78 is 1.53. The zero-order chi connectivity index (χ0) is 9.97. The molecule has 0 radical (unpaired) electrons. The summed E-state index contributed by atoms with van der Waals surface area (Å²) in [6.45, 7) is 0. The van der Waals surface area contributed by atoms with Gasteiger partial charge in [0.05, 0.1) is 12.4 Å². The first kappa shape index (κ1) is 8.55. The van der Waals surface area contributed by atoms with Gasteiger partial charge < -0.3 is 0 Å². The van der Waals surface area contributed by atoms with E-state index in [0.29, 0.717) is 11.3 Å². The molecule has 0 amide bonds. The van der Waals surface area contributed by atoms with Gasteiger partial charge in [0, 0.05) is 18.8 Å². The van der Waals surface area contributed by atoms with Crippen molar-refractivity contribution in [2.75, 3.05) is 0 Å². The minimum absolute atomic E-state index is 0.0973. The summed E-state index contributed by atoms with van der Waals surface area (Å²) in [6.07, 6.45) is 4.51. The van der Waals surface area contributed by atoms with E-state index in [1.165, 1.54) is 17.1 Å². The minimum atomic E-state index is -0.0973. The highest BCUT2D eigenvalue weighted by Crippen LogP contribution is 2.05. The maximum absolute atomic E-state index is 11.8. The number of hydrogen-bond donors (Lipinski definition) is 0. The molecule has 0 saturated heterocycles. The maximum atomic E-state index is 11.8. The highest BCUT2D eigenvalue weighted by Gasteiger charge is 2.12. The highest BCUT2D eigenvalue weighted by molar-refractivity contribution is 6.07. The molecular formula is C9H8N4O. The standard InChI is InChI=1S/C9H8N4O/c1-13-8(3-5-12-13)9(14)7-2-4-10-11-6-7/h2-6H,1H3. The maximum Gasteiger partial charge on any atom is 0.212 e. The van der Waals surface area contributed by atoms with Crippen LogP contribution in [0.4, 0.5) is 0 Å². The first-order valence-electron chi connectivity index (χ1n) is 4.08. The van der Waals surface area contributed by atoms with Crippen LogP contribution in [0.5, 0.6) is 0 Å². The Balaban J connectivity index is 2.39. The van der Waals surface area contributed by atoms with Gasteiger partial charge in [-0.2, -0.15) is 15.3 Å². The number of ketones is 1. The Labute approximate surface area is 80.4 Å². The fraction of sp³-hybridized carbons (Fsp3) is 0.111. The summed E-state index contributed by atoms with van der Waals surface area (Å²) in [5, 5.41) is 11.2. The monoisotopic (exact) mass is 188 g/mol. The van der Waals surface area contributed by atoms with E-state index < -0.39 is 0 Å². The average molecular weight is 188 g/mol. The third kappa shape index (κ3) is 1.39. The van der Waals surface area contributed by atoms with Crippen LogP contribution < -0.4 is 0 Å². The van der Waals surface area contributed by atoms with Crippen LogP contribution in [0.15, 0.2) is 30.7 Å². The van der Waals surface area contributed by atoms with Gasteiger partial charge in [-0.3, -0.25) is 9.48 Å². The zero-order valence-electron chi connectivity index (χ0n) is 7.58. The zero-order valence-corrected chi connectivity index (χ0v) is 7.58. The fourth-order valence-electron chi connectivity index (χ4n) is 1.17. The van der Waals surface area contributed by atoms with Gasteiger partial charge in [-0.15, -0.1) is 0 Å². The second-order valence-electron chi connectivity index (χ2n) is 2.80. The summed E-state index contributed by atoms with van der Waals surface area (Å²) in [5.74, 6) is -0.0973. The molecule has 0 spiro atoms. The number of carbonyl (C=O) groups is 1. The fourth-order valence-corrected chi connectivity index (χ4v) is 1.17. The molecule has 5 nitrogen and oxygen atoms in total. The lowest BCUT2D eigenvalue weighted by Crippen LogP contribution is -2.08. The Morgan fingerprint density at radius 2 is 2.14 bits per heavy atom. The molecule has 0 saturated carbocycles. The molecule has 2 aromatic heterocycles. The Hall–Kier alpha value is -2.04. The lowest BCUT2D eigenvalue weighted by atomic mass is 10.1. The Morgan fingerprint density at radius 3 is 2.71 bits per heavy atom. The summed E-state index contributed by atoms with van der Waals surface area (Å²) in [6, 6.07) is 3.30. The molecule has 2 rings (SSSR count). The molecular weight excluding hydrogens is 180 g/mol. The number of nitrogens with zero attached hydrogens (tertiary/aromatic N) is 4. The Morgan fingerprint density at radius 1 is 1.29 bits per heavy atom. The van der Waals surface area contributed by atoms with E-state index in [2.05, 4.69) is 15.3 Å². The molecule has 0 aliphatic carbocycles. The molecule has 0 fully saturated rings. The van der Waals surface area contributed by atoms with Crippen LogP contribution in [-0.2, 0) is 7.05 Å². The van der Waals surface area contributed by atoms with Crippen LogP contribution in [0, 0.1) is 0 Å². The molecule has 0 N–H and O–H groups in total. The van der Waals surface area contributed by atoms with Gasteiger partial charge in [-0.25, -0.2) is 0 Å². The quantitative estimate of drug-likeness (QED) is 0.641. The molecule has 0 atom stereocenters. The third-order valence-corrected chi connectivity index (χ3v) is 1.90. The van der Waals surface area contributed by atoms with Gasteiger partial charge in [-0.05, 0) is 12.1 Å². The summed E-state index contributed by atoms with van der Waals surface area (Å²) >= 11 is 0. The second-order valence-corrected chi connectivity index (χ2v) is 2.80. The van der Waals surface area contributed by atoms with Crippen molar-refractivity contribution in [3.8, 4) is 0 Å². The van der Waals surface area contributed by atoms with Crippen LogP contribution in [0.2, 0.25) is 0 Å². The Kier molecular flexibility index (Phi) is 2.06. The van der Waals surface area contributed by atoms with Gasteiger partial charge >= 0.3 is 0 Å². The topological polar surface area (TPSA) is 60.7 Å². The van der Waals surface area contributed by atoms with Crippen LogP contribution >= 0.6 is 0 Å². The van der Waals surface area contributed by atoms with Crippen molar-refractivity contribution in [3.63, 3.8) is 0 Å². The molecule has 0 bridgehead atoms. The SMILES string of the molecule is Cn1nccc1C(=O)c1ccnnc1. The molecule has 0 unspecified atom stereocenters. The number of aryl methyl sites for hydroxylation is 1. The molecule has 70 valence electrons. The predicted molar refractivity (Wildman–Crippen MR) is 48.7 cm³/mol. The second kappa shape index (κ2) is 3.37. The van der Waals surface area contributed by atoms with Crippen molar-refractivity contribution < 1.29 is 4.79 Å². The van der Waals surface area contributed by atoms with E-state index >= 15 is 0 Å². The number of rotatable bonds is 2. The van der Waals surface area contributed by atoms with Crippen LogP contribution in [0.25, 0.3) is 0 Å². The normalized spacial score (nSPS) is 10.1. The van der Waals surface area contributed by atoms with E-state index in [9.17, 15) is 4.79 Å².